The van der Waals surface area contributed by atoms with E-state index >= 15 is 0 Å². The monoisotopic (exact) mass is 525 g/mol. The summed E-state index contributed by atoms with van der Waals surface area (Å²) in [6.07, 6.45) is 1.43. The van der Waals surface area contributed by atoms with Crippen LogP contribution in [-0.4, -0.2) is 50.3 Å². The number of H-pyrrole nitrogens is 1. The van der Waals surface area contributed by atoms with Gasteiger partial charge in [-0.25, -0.2) is 20.4 Å². The molecule has 0 unspecified atom stereocenters. The number of hydrogen-bond acceptors (Lipinski definition) is 12. The number of nitrogens with zero attached hydrogens (tertiary/aromatic N) is 3. The highest BCUT2D eigenvalue weighted by Crippen LogP contribution is 2.23. The second kappa shape index (κ2) is 11.7. The van der Waals surface area contributed by atoms with E-state index in [-0.39, 0.29) is 27.5 Å². The maximum Gasteiger partial charge on any atom is 0.430 e. The molecule has 2 aromatic rings. The van der Waals surface area contributed by atoms with Crippen LogP contribution in [0.25, 0.3) is 0 Å². The van der Waals surface area contributed by atoms with Gasteiger partial charge in [0.25, 0.3) is 11.6 Å². The Kier molecular flexibility index (Phi) is 9.24. The maximum atomic E-state index is 12.2. The first kappa shape index (κ1) is 27.6. The van der Waals surface area contributed by atoms with Crippen LogP contribution in [0, 0.1) is 14.8 Å². The molecule has 0 aromatic carbocycles. The number of hydrogen-bond donors (Lipinski definition) is 4. The van der Waals surface area contributed by atoms with E-state index in [1.165, 1.54) is 18.2 Å². The fourth-order valence-corrected chi connectivity index (χ4v) is 3.40. The number of pyridine rings is 2. The number of ether oxygens (including phenoxy) is 1. The van der Waals surface area contributed by atoms with Crippen molar-refractivity contribution in [3.8, 4) is 0 Å². The smallest absolute Gasteiger partial charge is 0.430 e. The van der Waals surface area contributed by atoms with Gasteiger partial charge in [0.15, 0.2) is 5.82 Å². The van der Waals surface area contributed by atoms with E-state index in [1.807, 2.05) is 5.48 Å². The number of carbonyl (C=O) groups is 3. The Morgan fingerprint density at radius 1 is 1.37 bits per heavy atom. The summed E-state index contributed by atoms with van der Waals surface area (Å²) in [6, 6.07) is 2.68. The zero-order chi connectivity index (χ0) is 26.3. The van der Waals surface area contributed by atoms with Crippen molar-refractivity contribution < 1.29 is 28.9 Å². The van der Waals surface area contributed by atoms with Crippen LogP contribution in [0.5, 0.6) is 0 Å². The maximum absolute atomic E-state index is 12.2. The summed E-state index contributed by atoms with van der Waals surface area (Å²) >= 11 is 6.08. The van der Waals surface area contributed by atoms with Crippen LogP contribution < -0.4 is 22.1 Å². The van der Waals surface area contributed by atoms with E-state index in [4.69, 9.17) is 33.4 Å². The number of anilines is 1. The first-order valence-electron chi connectivity index (χ1n) is 9.79. The van der Waals surface area contributed by atoms with Gasteiger partial charge in [0.2, 0.25) is 0 Å². The molecule has 0 aliphatic carbocycles. The number of aromatic nitrogens is 2. The van der Waals surface area contributed by atoms with Crippen LogP contribution in [0.4, 0.5) is 16.3 Å². The Labute approximate surface area is 208 Å². The topological polar surface area (TPSA) is 209 Å². The number of aromatic amines is 1. The molecule has 0 spiro atoms. The molecular formula is C19H23N7O7S2. The summed E-state index contributed by atoms with van der Waals surface area (Å²) in [5.74, 6) is 3.91. The third-order valence-electron chi connectivity index (χ3n) is 3.88. The standard InChI is InChI=1S/C19H23N7O7S2/c1-19(2,3)32-18(29)25(21)14-5-4-10(7-22-14)15(27)24-33-17(28)12(20)9-35-13-6-11(26(30)31)8-23-16(13)34/h4-8,12H,9,20-21H2,1-3H3,(H,23,34)(H,24,27)/t12-/m0/s1. The van der Waals surface area contributed by atoms with Gasteiger partial charge in [-0.05, 0) is 32.9 Å². The summed E-state index contributed by atoms with van der Waals surface area (Å²) in [4.78, 5) is 58.1. The molecule has 1 atom stereocenters. The highest BCUT2D eigenvalue weighted by molar-refractivity contribution is 7.99. The molecule has 0 aliphatic rings. The van der Waals surface area contributed by atoms with Crippen molar-refractivity contribution in [3.63, 3.8) is 0 Å². The molecule has 0 radical (unpaired) electrons. The van der Waals surface area contributed by atoms with E-state index < -0.39 is 34.5 Å². The van der Waals surface area contributed by atoms with E-state index in [0.717, 1.165) is 24.2 Å². The fourth-order valence-electron chi connectivity index (χ4n) is 2.21. The lowest BCUT2D eigenvalue weighted by Crippen LogP contribution is -2.42. The van der Waals surface area contributed by atoms with Gasteiger partial charge >= 0.3 is 12.1 Å². The van der Waals surface area contributed by atoms with E-state index in [9.17, 15) is 24.5 Å². The minimum atomic E-state index is -1.17. The van der Waals surface area contributed by atoms with E-state index in [2.05, 4.69) is 9.97 Å². The molecule has 14 nitrogen and oxygen atoms in total. The zero-order valence-corrected chi connectivity index (χ0v) is 20.5. The van der Waals surface area contributed by atoms with Crippen molar-refractivity contribution in [2.24, 2.45) is 11.6 Å². The highest BCUT2D eigenvalue weighted by Gasteiger charge is 2.23. The minimum absolute atomic E-state index is 0.00460. The molecule has 2 aromatic heterocycles. The van der Waals surface area contributed by atoms with Gasteiger partial charge in [-0.3, -0.25) is 14.9 Å². The van der Waals surface area contributed by atoms with Crippen LogP contribution >= 0.6 is 24.0 Å². The van der Waals surface area contributed by atoms with Crippen molar-refractivity contribution in [3.05, 3.63) is 50.9 Å². The number of hydroxylamine groups is 1. The van der Waals surface area contributed by atoms with Gasteiger partial charge in [0.05, 0.1) is 16.7 Å². The van der Waals surface area contributed by atoms with Crippen molar-refractivity contribution in [1.29, 1.82) is 0 Å². The van der Waals surface area contributed by atoms with Gasteiger partial charge in [0.1, 0.15) is 16.3 Å². The molecule has 0 aliphatic heterocycles. The number of nitrogens with one attached hydrogen (secondary N) is 2. The normalized spacial score (nSPS) is 11.8. The van der Waals surface area contributed by atoms with E-state index in [0.29, 0.717) is 9.90 Å². The fraction of sp³-hybridized carbons (Fsp3) is 0.316. The lowest BCUT2D eigenvalue weighted by Gasteiger charge is -2.23. The molecule has 35 heavy (non-hydrogen) atoms. The van der Waals surface area contributed by atoms with Crippen molar-refractivity contribution in [2.45, 2.75) is 37.3 Å². The van der Waals surface area contributed by atoms with Gasteiger partial charge < -0.3 is 20.3 Å². The average molecular weight is 526 g/mol. The summed E-state index contributed by atoms with van der Waals surface area (Å²) in [6.45, 7) is 5.02. The van der Waals surface area contributed by atoms with Crippen LogP contribution in [-0.2, 0) is 14.4 Å². The highest BCUT2D eigenvalue weighted by atomic mass is 32.2. The van der Waals surface area contributed by atoms with Crippen LogP contribution in [0.3, 0.4) is 0 Å². The Hall–Kier alpha value is -3.60. The number of thioether (sulfide) groups is 1. The Balaban J connectivity index is 1.88. The molecule has 6 N–H and O–H groups in total. The van der Waals surface area contributed by atoms with Gasteiger partial charge in [-0.2, -0.15) is 10.5 Å². The third kappa shape index (κ3) is 8.29. The number of hydrazine groups is 1. The van der Waals surface area contributed by atoms with Crippen LogP contribution in [0.2, 0.25) is 0 Å². The first-order valence-corrected chi connectivity index (χ1v) is 11.2. The molecule has 2 heterocycles. The molecule has 0 saturated heterocycles. The number of carbonyl (C=O) groups excluding carboxylic acids is 3. The summed E-state index contributed by atoms with van der Waals surface area (Å²) < 4.78 is 5.37. The summed E-state index contributed by atoms with van der Waals surface area (Å²) in [5.41, 5.74) is 6.75. The second-order valence-electron chi connectivity index (χ2n) is 7.83. The largest absolute Gasteiger partial charge is 0.442 e. The van der Waals surface area contributed by atoms with Gasteiger partial charge in [-0.1, -0.05) is 12.2 Å². The van der Waals surface area contributed by atoms with Crippen molar-refractivity contribution >= 4 is 53.5 Å². The van der Waals surface area contributed by atoms with Crippen molar-refractivity contribution in [2.75, 3.05) is 10.8 Å². The predicted octanol–water partition coefficient (Wildman–Crippen LogP) is 1.97. The zero-order valence-electron chi connectivity index (χ0n) is 18.8. The lowest BCUT2D eigenvalue weighted by atomic mass is 10.2. The Bertz CT molecular complexity index is 1170. The molecule has 0 fully saturated rings. The SMILES string of the molecule is CC(C)(C)OC(=O)N(N)c1ccc(C(=O)NOC(=O)[C@@H](N)CSc2cc([N+](=O)[O-])c[nH]c2=S)cn1. The Morgan fingerprint density at radius 2 is 2.06 bits per heavy atom. The third-order valence-corrected chi connectivity index (χ3v) is 5.50. The van der Waals surface area contributed by atoms with E-state index in [1.54, 1.807) is 20.8 Å². The van der Waals surface area contributed by atoms with Gasteiger partial charge in [-0.15, -0.1) is 11.8 Å². The molecule has 0 bridgehead atoms. The lowest BCUT2D eigenvalue weighted by molar-refractivity contribution is -0.385. The molecule has 2 rings (SSSR count). The summed E-state index contributed by atoms with van der Waals surface area (Å²) in [7, 11) is 0. The minimum Gasteiger partial charge on any atom is -0.442 e. The summed E-state index contributed by atoms with van der Waals surface area (Å²) in [5, 5.41) is 11.6. The van der Waals surface area contributed by atoms with Crippen LogP contribution in [0.15, 0.2) is 35.5 Å². The average Bonchev–Trinajstić information content (AvgIpc) is 2.79. The predicted molar refractivity (Wildman–Crippen MR) is 128 cm³/mol. The second-order valence-corrected chi connectivity index (χ2v) is 9.30. The number of rotatable bonds is 7. The Morgan fingerprint density at radius 3 is 2.63 bits per heavy atom. The molecule has 0 saturated carbocycles. The first-order chi connectivity index (χ1) is 16.3. The molecule has 16 heteroatoms. The number of nitrogens with two attached hydrogens (primary N) is 2. The number of nitro groups is 1. The van der Waals surface area contributed by atoms with Crippen molar-refractivity contribution in [1.82, 2.24) is 15.4 Å². The molecular weight excluding hydrogens is 502 g/mol. The van der Waals surface area contributed by atoms with Crippen LogP contribution in [0.1, 0.15) is 31.1 Å². The number of amides is 2. The molecule has 188 valence electrons. The quantitative estimate of drug-likeness (QED) is 0.102. The molecule has 2 amide bonds. The van der Waals surface area contributed by atoms with Gasteiger partial charge in [0, 0.05) is 22.9 Å².